The van der Waals surface area contributed by atoms with Crippen molar-refractivity contribution in [1.82, 2.24) is 0 Å². The molecule has 0 radical (unpaired) electrons. The van der Waals surface area contributed by atoms with Crippen LogP contribution in [0, 0.1) is 11.3 Å². The van der Waals surface area contributed by atoms with E-state index in [0.717, 1.165) is 23.0 Å². The molecule has 0 aliphatic heterocycles. The molecular weight excluding hydrogens is 280 g/mol. The third-order valence-electron chi connectivity index (χ3n) is 3.16. The van der Waals surface area contributed by atoms with Crippen LogP contribution in [0.15, 0.2) is 22.7 Å². The second kappa shape index (κ2) is 6.04. The van der Waals surface area contributed by atoms with Crippen molar-refractivity contribution in [2.75, 3.05) is 11.9 Å². The second-order valence-electron chi connectivity index (χ2n) is 4.07. The number of aliphatic hydroxyl groups is 1. The zero-order chi connectivity index (χ0) is 12.9. The highest BCUT2D eigenvalue weighted by molar-refractivity contribution is 9.10. The van der Waals surface area contributed by atoms with Crippen molar-refractivity contribution in [3.8, 4) is 6.07 Å². The van der Waals surface area contributed by atoms with Crippen LogP contribution in [0.2, 0.25) is 0 Å². The molecule has 1 aromatic rings. The van der Waals surface area contributed by atoms with Gasteiger partial charge in [-0.1, -0.05) is 29.8 Å². The van der Waals surface area contributed by atoms with Crippen LogP contribution in [0.5, 0.6) is 0 Å². The SMILES string of the molecule is CCC(CC)(CO)Nc1cc(Br)ccc1C#N. The van der Waals surface area contributed by atoms with E-state index in [1.165, 1.54) is 0 Å². The largest absolute Gasteiger partial charge is 0.394 e. The van der Waals surface area contributed by atoms with Gasteiger partial charge >= 0.3 is 0 Å². The lowest BCUT2D eigenvalue weighted by atomic mass is 9.93. The van der Waals surface area contributed by atoms with Gasteiger partial charge in [0.25, 0.3) is 0 Å². The van der Waals surface area contributed by atoms with E-state index in [-0.39, 0.29) is 12.1 Å². The van der Waals surface area contributed by atoms with E-state index < -0.39 is 0 Å². The molecule has 2 N–H and O–H groups in total. The van der Waals surface area contributed by atoms with Crippen molar-refractivity contribution in [1.29, 1.82) is 5.26 Å². The molecule has 0 heterocycles. The van der Waals surface area contributed by atoms with Crippen molar-refractivity contribution in [3.63, 3.8) is 0 Å². The van der Waals surface area contributed by atoms with E-state index in [4.69, 9.17) is 5.26 Å². The maximum atomic E-state index is 9.51. The molecule has 4 heteroatoms. The molecule has 0 aliphatic carbocycles. The lowest BCUT2D eigenvalue weighted by molar-refractivity contribution is 0.202. The summed E-state index contributed by atoms with van der Waals surface area (Å²) in [4.78, 5) is 0. The van der Waals surface area contributed by atoms with Gasteiger partial charge < -0.3 is 10.4 Å². The average Bonchev–Trinajstić information content (AvgIpc) is 2.36. The summed E-state index contributed by atoms with van der Waals surface area (Å²) in [6, 6.07) is 7.62. The third kappa shape index (κ3) is 3.21. The Morgan fingerprint density at radius 3 is 2.53 bits per heavy atom. The quantitative estimate of drug-likeness (QED) is 0.877. The number of nitrogens with one attached hydrogen (secondary N) is 1. The van der Waals surface area contributed by atoms with Crippen LogP contribution in [0.25, 0.3) is 0 Å². The lowest BCUT2D eigenvalue weighted by Gasteiger charge is -2.32. The first-order valence-corrected chi connectivity index (χ1v) is 6.48. The summed E-state index contributed by atoms with van der Waals surface area (Å²) >= 11 is 3.39. The Bertz CT molecular complexity index is 414. The highest BCUT2D eigenvalue weighted by Crippen LogP contribution is 2.27. The number of benzene rings is 1. The predicted octanol–water partition coefficient (Wildman–Crippen LogP) is 3.28. The van der Waals surface area contributed by atoms with Gasteiger partial charge in [0.2, 0.25) is 0 Å². The molecule has 0 amide bonds. The van der Waals surface area contributed by atoms with E-state index >= 15 is 0 Å². The molecule has 0 saturated heterocycles. The van der Waals surface area contributed by atoms with Gasteiger partial charge in [0.05, 0.1) is 23.4 Å². The fourth-order valence-electron chi connectivity index (χ4n) is 1.69. The van der Waals surface area contributed by atoms with E-state index in [9.17, 15) is 5.11 Å². The maximum absolute atomic E-state index is 9.51. The number of anilines is 1. The molecule has 0 aromatic heterocycles. The number of halogens is 1. The Morgan fingerprint density at radius 2 is 2.06 bits per heavy atom. The lowest BCUT2D eigenvalue weighted by Crippen LogP contribution is -2.41. The minimum Gasteiger partial charge on any atom is -0.394 e. The van der Waals surface area contributed by atoms with E-state index in [0.29, 0.717) is 5.56 Å². The number of rotatable bonds is 5. The third-order valence-corrected chi connectivity index (χ3v) is 3.65. The number of hydrogen-bond donors (Lipinski definition) is 2. The molecule has 92 valence electrons. The normalized spacial score (nSPS) is 11.0. The fourth-order valence-corrected chi connectivity index (χ4v) is 2.05. The summed E-state index contributed by atoms with van der Waals surface area (Å²) in [5, 5.41) is 21.9. The van der Waals surface area contributed by atoms with Crippen LogP contribution in [-0.4, -0.2) is 17.3 Å². The molecule has 0 unspecified atom stereocenters. The van der Waals surface area contributed by atoms with E-state index in [1.54, 1.807) is 6.07 Å². The van der Waals surface area contributed by atoms with Gasteiger partial charge in [-0.2, -0.15) is 5.26 Å². The first-order valence-electron chi connectivity index (χ1n) is 5.69. The summed E-state index contributed by atoms with van der Waals surface area (Å²) in [6.45, 7) is 4.10. The highest BCUT2D eigenvalue weighted by Gasteiger charge is 2.25. The molecule has 0 spiro atoms. The van der Waals surface area contributed by atoms with Gasteiger partial charge in [-0.25, -0.2) is 0 Å². The Labute approximate surface area is 111 Å². The smallest absolute Gasteiger partial charge is 0.101 e. The number of aliphatic hydroxyl groups excluding tert-OH is 1. The molecule has 1 aromatic carbocycles. The Kier molecular flexibility index (Phi) is 4.98. The van der Waals surface area contributed by atoms with Gasteiger partial charge in [0, 0.05) is 4.47 Å². The minimum absolute atomic E-state index is 0.0530. The standard InChI is InChI=1S/C13H17BrN2O/c1-3-13(4-2,9-17)16-12-7-11(14)6-5-10(12)8-15/h5-7,16-17H,3-4,9H2,1-2H3. The molecule has 17 heavy (non-hydrogen) atoms. The van der Waals surface area contributed by atoms with Crippen LogP contribution in [-0.2, 0) is 0 Å². The number of nitriles is 1. The Morgan fingerprint density at radius 1 is 1.41 bits per heavy atom. The second-order valence-corrected chi connectivity index (χ2v) is 4.99. The highest BCUT2D eigenvalue weighted by atomic mass is 79.9. The first kappa shape index (κ1) is 14.0. The van der Waals surface area contributed by atoms with E-state index in [1.807, 2.05) is 26.0 Å². The first-order chi connectivity index (χ1) is 8.10. The molecule has 3 nitrogen and oxygen atoms in total. The van der Waals surface area contributed by atoms with Crippen LogP contribution in [0.4, 0.5) is 5.69 Å². The van der Waals surface area contributed by atoms with Gasteiger partial charge in [-0.15, -0.1) is 0 Å². The molecular formula is C13H17BrN2O. The Hall–Kier alpha value is -1.05. The van der Waals surface area contributed by atoms with Gasteiger partial charge in [-0.3, -0.25) is 0 Å². The van der Waals surface area contributed by atoms with Crippen molar-refractivity contribution >= 4 is 21.6 Å². The van der Waals surface area contributed by atoms with Gasteiger partial charge in [0.15, 0.2) is 0 Å². The maximum Gasteiger partial charge on any atom is 0.101 e. The zero-order valence-corrected chi connectivity index (χ0v) is 11.7. The molecule has 0 saturated carbocycles. The summed E-state index contributed by atoms with van der Waals surface area (Å²) in [5.41, 5.74) is 0.999. The molecule has 0 bridgehead atoms. The van der Waals surface area contributed by atoms with Gasteiger partial charge in [-0.05, 0) is 31.0 Å². The summed E-state index contributed by atoms with van der Waals surface area (Å²) < 4.78 is 0.915. The van der Waals surface area contributed by atoms with Gasteiger partial charge in [0.1, 0.15) is 6.07 Å². The van der Waals surface area contributed by atoms with E-state index in [2.05, 4.69) is 27.3 Å². The minimum atomic E-state index is -0.355. The fraction of sp³-hybridized carbons (Fsp3) is 0.462. The summed E-state index contributed by atoms with van der Waals surface area (Å²) in [5.74, 6) is 0. The number of hydrogen-bond acceptors (Lipinski definition) is 3. The summed E-state index contributed by atoms with van der Waals surface area (Å²) in [7, 11) is 0. The summed E-state index contributed by atoms with van der Waals surface area (Å²) in [6.07, 6.45) is 1.61. The number of nitrogens with zero attached hydrogens (tertiary/aromatic N) is 1. The molecule has 0 fully saturated rings. The molecule has 0 aliphatic rings. The van der Waals surface area contributed by atoms with Crippen molar-refractivity contribution < 1.29 is 5.11 Å². The predicted molar refractivity (Wildman–Crippen MR) is 72.9 cm³/mol. The average molecular weight is 297 g/mol. The van der Waals surface area contributed by atoms with Crippen LogP contribution in [0.1, 0.15) is 32.3 Å². The zero-order valence-electron chi connectivity index (χ0n) is 10.1. The van der Waals surface area contributed by atoms with Crippen LogP contribution >= 0.6 is 15.9 Å². The van der Waals surface area contributed by atoms with Crippen LogP contribution < -0.4 is 5.32 Å². The molecule has 1 rings (SSSR count). The Balaban J connectivity index is 3.09. The van der Waals surface area contributed by atoms with Crippen molar-refractivity contribution in [3.05, 3.63) is 28.2 Å². The monoisotopic (exact) mass is 296 g/mol. The van der Waals surface area contributed by atoms with Crippen molar-refractivity contribution in [2.24, 2.45) is 0 Å². The van der Waals surface area contributed by atoms with Crippen molar-refractivity contribution in [2.45, 2.75) is 32.2 Å². The topological polar surface area (TPSA) is 56.0 Å². The molecule has 0 atom stereocenters. The van der Waals surface area contributed by atoms with Crippen LogP contribution in [0.3, 0.4) is 0 Å².